The van der Waals surface area contributed by atoms with Crippen LogP contribution in [0.3, 0.4) is 0 Å². The van der Waals surface area contributed by atoms with Crippen molar-refractivity contribution in [2.75, 3.05) is 40.6 Å². The number of thioether (sulfide) groups is 2. The summed E-state index contributed by atoms with van der Waals surface area (Å²) in [7, 11) is 0. The Morgan fingerprint density at radius 1 is 1.24 bits per heavy atom. The summed E-state index contributed by atoms with van der Waals surface area (Å²) >= 11 is 3.14. The predicted molar refractivity (Wildman–Crippen MR) is 97.3 cm³/mol. The van der Waals surface area contributed by atoms with Gasteiger partial charge in [0.1, 0.15) is 16.7 Å². The summed E-state index contributed by atoms with van der Waals surface area (Å²) in [4.78, 5) is 22.9. The van der Waals surface area contributed by atoms with Crippen LogP contribution in [0, 0.1) is 11.6 Å². The van der Waals surface area contributed by atoms with E-state index in [1.54, 1.807) is 12.4 Å². The van der Waals surface area contributed by atoms with Crippen LogP contribution in [0.1, 0.15) is 0 Å². The summed E-state index contributed by atoms with van der Waals surface area (Å²) in [5.41, 5.74) is -0.0422. The molecule has 0 spiro atoms. The summed E-state index contributed by atoms with van der Waals surface area (Å²) in [5, 5.41) is 3.11. The predicted octanol–water partition coefficient (Wildman–Crippen LogP) is 3.04. The van der Waals surface area contributed by atoms with Crippen molar-refractivity contribution in [2.45, 2.75) is 5.03 Å². The minimum atomic E-state index is -0.802. The molecular weight excluding hydrogens is 366 g/mol. The maximum Gasteiger partial charge on any atom is 0.234 e. The Morgan fingerprint density at radius 2 is 2.00 bits per heavy atom. The van der Waals surface area contributed by atoms with E-state index >= 15 is 0 Å². The molecule has 5 nitrogen and oxygen atoms in total. The third-order valence-corrected chi connectivity index (χ3v) is 5.41. The molecule has 25 heavy (non-hydrogen) atoms. The van der Waals surface area contributed by atoms with Gasteiger partial charge in [-0.05, 0) is 12.1 Å². The molecule has 9 heteroatoms. The summed E-state index contributed by atoms with van der Waals surface area (Å²) in [6.45, 7) is 1.79. The number of nitrogens with one attached hydrogen (secondary N) is 1. The number of carbonyl (C=O) groups is 1. The SMILES string of the molecule is O=C(CSc1nccnc1N1CCSCC1)Nc1ccc(F)cc1F. The molecule has 2 aromatic rings. The number of anilines is 2. The number of hydrogen-bond donors (Lipinski definition) is 1. The van der Waals surface area contributed by atoms with Crippen LogP contribution in [0.5, 0.6) is 0 Å². The maximum atomic E-state index is 13.6. The topological polar surface area (TPSA) is 58.1 Å². The van der Waals surface area contributed by atoms with Crippen molar-refractivity contribution in [1.29, 1.82) is 0 Å². The normalized spacial score (nSPS) is 14.4. The van der Waals surface area contributed by atoms with E-state index in [9.17, 15) is 13.6 Å². The van der Waals surface area contributed by atoms with Crippen molar-refractivity contribution < 1.29 is 13.6 Å². The zero-order chi connectivity index (χ0) is 17.6. The molecule has 0 aliphatic carbocycles. The second kappa shape index (κ2) is 8.48. The van der Waals surface area contributed by atoms with Gasteiger partial charge in [0.15, 0.2) is 5.82 Å². The van der Waals surface area contributed by atoms with Crippen LogP contribution in [0.25, 0.3) is 0 Å². The second-order valence-corrected chi connectivity index (χ2v) is 7.43. The smallest absolute Gasteiger partial charge is 0.234 e. The fraction of sp³-hybridized carbons (Fsp3) is 0.312. The first-order chi connectivity index (χ1) is 12.1. The van der Waals surface area contributed by atoms with Gasteiger partial charge in [-0.25, -0.2) is 18.7 Å². The van der Waals surface area contributed by atoms with Crippen molar-refractivity contribution in [1.82, 2.24) is 9.97 Å². The first kappa shape index (κ1) is 17.9. The average molecular weight is 382 g/mol. The molecule has 2 heterocycles. The molecule has 1 N–H and O–H groups in total. The van der Waals surface area contributed by atoms with Gasteiger partial charge in [0.25, 0.3) is 0 Å². The Kier molecular flexibility index (Phi) is 6.09. The number of halogens is 2. The van der Waals surface area contributed by atoms with Crippen LogP contribution in [0.15, 0.2) is 35.6 Å². The summed E-state index contributed by atoms with van der Waals surface area (Å²) in [5.74, 6) is 1.02. The highest BCUT2D eigenvalue weighted by Gasteiger charge is 2.18. The molecule has 1 saturated heterocycles. The molecule has 3 rings (SSSR count). The van der Waals surface area contributed by atoms with Crippen LogP contribution >= 0.6 is 23.5 Å². The molecule has 1 amide bonds. The van der Waals surface area contributed by atoms with Crippen molar-refractivity contribution in [3.05, 3.63) is 42.2 Å². The number of amides is 1. The molecule has 1 aromatic carbocycles. The van der Waals surface area contributed by atoms with Gasteiger partial charge < -0.3 is 10.2 Å². The number of rotatable bonds is 5. The van der Waals surface area contributed by atoms with E-state index in [0.29, 0.717) is 5.03 Å². The van der Waals surface area contributed by atoms with Crippen LogP contribution < -0.4 is 10.2 Å². The number of benzene rings is 1. The van der Waals surface area contributed by atoms with E-state index in [-0.39, 0.29) is 17.3 Å². The van der Waals surface area contributed by atoms with Gasteiger partial charge in [-0.15, -0.1) is 0 Å². The lowest BCUT2D eigenvalue weighted by atomic mass is 10.3. The van der Waals surface area contributed by atoms with E-state index in [1.165, 1.54) is 17.8 Å². The van der Waals surface area contributed by atoms with Crippen molar-refractivity contribution in [3.63, 3.8) is 0 Å². The summed E-state index contributed by atoms with van der Waals surface area (Å²) < 4.78 is 26.5. The molecule has 0 saturated carbocycles. The fourth-order valence-electron chi connectivity index (χ4n) is 2.32. The van der Waals surface area contributed by atoms with Gasteiger partial charge in [0.2, 0.25) is 5.91 Å². The molecule has 0 bridgehead atoms. The molecule has 1 aliphatic rings. The molecule has 1 aliphatic heterocycles. The minimum Gasteiger partial charge on any atom is -0.353 e. The quantitative estimate of drug-likeness (QED) is 0.803. The lowest BCUT2D eigenvalue weighted by molar-refractivity contribution is -0.113. The van der Waals surface area contributed by atoms with Gasteiger partial charge in [-0.2, -0.15) is 11.8 Å². The monoisotopic (exact) mass is 382 g/mol. The fourth-order valence-corrected chi connectivity index (χ4v) is 4.01. The van der Waals surface area contributed by atoms with E-state index in [4.69, 9.17) is 0 Å². The number of carbonyl (C=O) groups excluding carboxylic acids is 1. The molecule has 0 radical (unpaired) electrons. The molecular formula is C16H16F2N4OS2. The first-order valence-electron chi connectivity index (χ1n) is 7.65. The zero-order valence-electron chi connectivity index (χ0n) is 13.2. The Balaban J connectivity index is 1.62. The number of aromatic nitrogens is 2. The van der Waals surface area contributed by atoms with Gasteiger partial charge in [-0.3, -0.25) is 4.79 Å². The first-order valence-corrected chi connectivity index (χ1v) is 9.79. The van der Waals surface area contributed by atoms with Crippen LogP contribution in [-0.4, -0.2) is 46.2 Å². The minimum absolute atomic E-state index is 0.0422. The van der Waals surface area contributed by atoms with Crippen molar-refractivity contribution in [2.24, 2.45) is 0 Å². The molecule has 0 atom stereocenters. The molecule has 132 valence electrons. The summed E-state index contributed by atoms with van der Waals surface area (Å²) in [6, 6.07) is 3.03. The lowest BCUT2D eigenvalue weighted by Gasteiger charge is -2.28. The standard InChI is InChI=1S/C16H16F2N4OS2/c17-11-1-2-13(12(18)9-11)21-14(23)10-25-16-15(19-3-4-20-16)22-5-7-24-8-6-22/h1-4,9H,5-8,10H2,(H,21,23). The van der Waals surface area contributed by atoms with Crippen LogP contribution in [-0.2, 0) is 4.79 Å². The highest BCUT2D eigenvalue weighted by molar-refractivity contribution is 8.00. The Morgan fingerprint density at radius 3 is 2.76 bits per heavy atom. The van der Waals surface area contributed by atoms with E-state index in [1.807, 2.05) is 11.8 Å². The molecule has 1 aromatic heterocycles. The maximum absolute atomic E-state index is 13.6. The highest BCUT2D eigenvalue weighted by Crippen LogP contribution is 2.27. The van der Waals surface area contributed by atoms with Crippen molar-refractivity contribution >= 4 is 40.9 Å². The van der Waals surface area contributed by atoms with Crippen molar-refractivity contribution in [3.8, 4) is 0 Å². The Labute approximate surface area is 152 Å². The highest BCUT2D eigenvalue weighted by atomic mass is 32.2. The zero-order valence-corrected chi connectivity index (χ0v) is 14.9. The lowest BCUT2D eigenvalue weighted by Crippen LogP contribution is -2.33. The number of nitrogens with zero attached hydrogens (tertiary/aromatic N) is 3. The third-order valence-electron chi connectivity index (χ3n) is 3.50. The largest absolute Gasteiger partial charge is 0.353 e. The van der Waals surface area contributed by atoms with E-state index < -0.39 is 11.6 Å². The van der Waals surface area contributed by atoms with Gasteiger partial charge in [0, 0.05) is 43.1 Å². The van der Waals surface area contributed by atoms with Gasteiger partial charge >= 0.3 is 0 Å². The Bertz CT molecular complexity index is 757. The van der Waals surface area contributed by atoms with Crippen LogP contribution in [0.4, 0.5) is 20.3 Å². The summed E-state index contributed by atoms with van der Waals surface area (Å²) in [6.07, 6.45) is 3.22. The number of hydrogen-bond acceptors (Lipinski definition) is 6. The van der Waals surface area contributed by atoms with Crippen LogP contribution in [0.2, 0.25) is 0 Å². The third kappa shape index (κ3) is 4.82. The Hall–Kier alpha value is -1.87. The van der Waals surface area contributed by atoms with Gasteiger partial charge in [0.05, 0.1) is 11.4 Å². The average Bonchev–Trinajstić information content (AvgIpc) is 2.63. The van der Waals surface area contributed by atoms with E-state index in [2.05, 4.69) is 20.2 Å². The molecule has 0 unspecified atom stereocenters. The second-order valence-electron chi connectivity index (χ2n) is 5.25. The van der Waals surface area contributed by atoms with E-state index in [0.717, 1.165) is 42.5 Å². The molecule has 1 fully saturated rings. The van der Waals surface area contributed by atoms with Gasteiger partial charge in [-0.1, -0.05) is 11.8 Å².